The summed E-state index contributed by atoms with van der Waals surface area (Å²) in [5, 5.41) is 12.2. The first-order chi connectivity index (χ1) is 11.1. The Morgan fingerprint density at radius 1 is 1.17 bits per heavy atom. The molecule has 0 bridgehead atoms. The third-order valence-electron chi connectivity index (χ3n) is 5.12. The molecule has 0 unspecified atom stereocenters. The summed E-state index contributed by atoms with van der Waals surface area (Å²) in [5.74, 6) is -0.216. The number of rotatable bonds is 5. The van der Waals surface area contributed by atoms with Gasteiger partial charge in [0.05, 0.1) is 0 Å². The average molecular weight is 317 g/mol. The predicted molar refractivity (Wildman–Crippen MR) is 85.1 cm³/mol. The molecule has 124 valence electrons. The van der Waals surface area contributed by atoms with Crippen molar-refractivity contribution in [3.8, 4) is 0 Å². The minimum Gasteiger partial charge on any atom is -0.480 e. The van der Waals surface area contributed by atoms with E-state index in [1.807, 2.05) is 18.2 Å². The molecule has 0 atom stereocenters. The number of nitrogens with one attached hydrogen (secondary N) is 1. The Bertz CT molecular complexity index is 560. The third-order valence-corrected chi connectivity index (χ3v) is 5.12. The van der Waals surface area contributed by atoms with Crippen LogP contribution in [0, 0.1) is 5.92 Å². The van der Waals surface area contributed by atoms with Gasteiger partial charge in [-0.05, 0) is 30.2 Å². The molecule has 23 heavy (non-hydrogen) atoms. The van der Waals surface area contributed by atoms with Crippen LogP contribution in [0.2, 0.25) is 0 Å². The third kappa shape index (κ3) is 3.55. The van der Waals surface area contributed by atoms with Crippen LogP contribution in [0.5, 0.6) is 0 Å². The van der Waals surface area contributed by atoms with Gasteiger partial charge in [-0.2, -0.15) is 0 Å². The Labute approximate surface area is 136 Å². The van der Waals surface area contributed by atoms with Crippen molar-refractivity contribution in [2.24, 2.45) is 5.92 Å². The zero-order valence-corrected chi connectivity index (χ0v) is 13.2. The first-order valence-electron chi connectivity index (χ1n) is 8.26. The van der Waals surface area contributed by atoms with E-state index in [1.54, 1.807) is 0 Å². The van der Waals surface area contributed by atoms with Crippen molar-refractivity contribution in [3.05, 3.63) is 35.9 Å². The van der Waals surface area contributed by atoms with E-state index < -0.39 is 11.5 Å². The van der Waals surface area contributed by atoms with Crippen molar-refractivity contribution < 1.29 is 19.4 Å². The monoisotopic (exact) mass is 317 g/mol. The zero-order valence-electron chi connectivity index (χ0n) is 13.2. The smallest absolute Gasteiger partial charge is 0.329 e. The van der Waals surface area contributed by atoms with E-state index in [9.17, 15) is 14.7 Å². The Kier molecular flexibility index (Phi) is 4.66. The molecular weight excluding hydrogens is 294 g/mol. The van der Waals surface area contributed by atoms with Crippen molar-refractivity contribution >= 4 is 11.9 Å². The van der Waals surface area contributed by atoms with Crippen molar-refractivity contribution in [3.63, 3.8) is 0 Å². The van der Waals surface area contributed by atoms with Crippen LogP contribution in [-0.2, 0) is 14.3 Å². The first-order valence-corrected chi connectivity index (χ1v) is 8.26. The maximum Gasteiger partial charge on any atom is 0.329 e. The second-order valence-corrected chi connectivity index (χ2v) is 6.70. The van der Waals surface area contributed by atoms with Gasteiger partial charge in [-0.25, -0.2) is 4.79 Å². The first kappa shape index (κ1) is 16.0. The SMILES string of the molecule is O=C(CC1CC(c2ccccc2)C1)NC1(C(=O)O)CCOCC1. The van der Waals surface area contributed by atoms with Crippen LogP contribution in [-0.4, -0.2) is 35.7 Å². The molecule has 5 nitrogen and oxygen atoms in total. The summed E-state index contributed by atoms with van der Waals surface area (Å²) in [4.78, 5) is 23.8. The molecule has 2 fully saturated rings. The lowest BCUT2D eigenvalue weighted by Gasteiger charge is -2.37. The maximum atomic E-state index is 12.3. The summed E-state index contributed by atoms with van der Waals surface area (Å²) in [6, 6.07) is 10.3. The molecule has 1 aliphatic carbocycles. The second-order valence-electron chi connectivity index (χ2n) is 6.70. The van der Waals surface area contributed by atoms with Gasteiger partial charge in [0, 0.05) is 32.5 Å². The molecule has 2 aliphatic rings. The van der Waals surface area contributed by atoms with Gasteiger partial charge in [-0.15, -0.1) is 0 Å². The molecule has 5 heteroatoms. The van der Waals surface area contributed by atoms with Gasteiger partial charge >= 0.3 is 5.97 Å². The lowest BCUT2D eigenvalue weighted by Crippen LogP contribution is -2.57. The lowest BCUT2D eigenvalue weighted by molar-refractivity contribution is -0.152. The van der Waals surface area contributed by atoms with Crippen LogP contribution in [0.3, 0.4) is 0 Å². The predicted octanol–water partition coefficient (Wildman–Crippen LogP) is 2.32. The zero-order chi connectivity index (χ0) is 16.3. The number of carbonyl (C=O) groups is 2. The van der Waals surface area contributed by atoms with Gasteiger partial charge < -0.3 is 15.2 Å². The highest BCUT2D eigenvalue weighted by molar-refractivity contribution is 5.87. The number of benzene rings is 1. The highest BCUT2D eigenvalue weighted by Gasteiger charge is 2.42. The van der Waals surface area contributed by atoms with E-state index >= 15 is 0 Å². The Morgan fingerprint density at radius 3 is 2.43 bits per heavy atom. The van der Waals surface area contributed by atoms with Gasteiger partial charge in [0.25, 0.3) is 0 Å². The fourth-order valence-corrected chi connectivity index (χ4v) is 3.59. The Balaban J connectivity index is 1.49. The van der Waals surface area contributed by atoms with Gasteiger partial charge in [0.2, 0.25) is 5.91 Å². The fraction of sp³-hybridized carbons (Fsp3) is 0.556. The highest BCUT2D eigenvalue weighted by Crippen LogP contribution is 2.43. The molecular formula is C18H23NO4. The summed E-state index contributed by atoms with van der Waals surface area (Å²) in [6.07, 6.45) is 3.09. The largest absolute Gasteiger partial charge is 0.480 e. The summed E-state index contributed by atoms with van der Waals surface area (Å²) >= 11 is 0. The van der Waals surface area contributed by atoms with Crippen LogP contribution < -0.4 is 5.32 Å². The van der Waals surface area contributed by atoms with E-state index in [-0.39, 0.29) is 5.91 Å². The molecule has 1 aromatic carbocycles. The molecule has 0 spiro atoms. The molecule has 1 heterocycles. The van der Waals surface area contributed by atoms with Crippen LogP contribution in [0.15, 0.2) is 30.3 Å². The van der Waals surface area contributed by atoms with Gasteiger partial charge in [0.1, 0.15) is 5.54 Å². The number of carboxylic acid groups (broad SMARTS) is 1. The van der Waals surface area contributed by atoms with Crippen molar-refractivity contribution in [1.29, 1.82) is 0 Å². The fourth-order valence-electron chi connectivity index (χ4n) is 3.59. The normalized spacial score (nSPS) is 26.1. The van der Waals surface area contributed by atoms with Gasteiger partial charge in [-0.1, -0.05) is 30.3 Å². The number of carbonyl (C=O) groups excluding carboxylic acids is 1. The standard InChI is InChI=1S/C18H23NO4/c20-16(19-18(17(21)22)6-8-23-9-7-18)12-13-10-15(11-13)14-4-2-1-3-5-14/h1-5,13,15H,6-12H2,(H,19,20)(H,21,22). The Morgan fingerprint density at radius 2 is 1.83 bits per heavy atom. The van der Waals surface area contributed by atoms with Crippen molar-refractivity contribution in [2.75, 3.05) is 13.2 Å². The van der Waals surface area contributed by atoms with E-state index in [0.717, 1.165) is 12.8 Å². The molecule has 1 amide bonds. The van der Waals surface area contributed by atoms with Gasteiger partial charge in [0.15, 0.2) is 0 Å². The number of aliphatic carboxylic acids is 1. The van der Waals surface area contributed by atoms with Crippen LogP contribution in [0.1, 0.15) is 43.6 Å². The molecule has 1 aliphatic heterocycles. The molecule has 0 aromatic heterocycles. The topological polar surface area (TPSA) is 75.6 Å². The number of hydrogen-bond donors (Lipinski definition) is 2. The Hall–Kier alpha value is -1.88. The summed E-state index contributed by atoms with van der Waals surface area (Å²) in [6.45, 7) is 0.762. The minimum atomic E-state index is -1.14. The van der Waals surface area contributed by atoms with Crippen LogP contribution in [0.25, 0.3) is 0 Å². The van der Waals surface area contributed by atoms with Gasteiger partial charge in [-0.3, -0.25) is 4.79 Å². The summed E-state index contributed by atoms with van der Waals surface area (Å²) in [5.41, 5.74) is 0.188. The van der Waals surface area contributed by atoms with E-state index in [1.165, 1.54) is 5.56 Å². The minimum absolute atomic E-state index is 0.147. The van der Waals surface area contributed by atoms with E-state index in [2.05, 4.69) is 17.4 Å². The lowest BCUT2D eigenvalue weighted by atomic mass is 9.70. The maximum absolute atomic E-state index is 12.3. The number of carboxylic acids is 1. The summed E-state index contributed by atoms with van der Waals surface area (Å²) in [7, 11) is 0. The van der Waals surface area contributed by atoms with Crippen molar-refractivity contribution in [2.45, 2.75) is 43.6 Å². The average Bonchev–Trinajstić information content (AvgIpc) is 2.52. The summed E-state index contributed by atoms with van der Waals surface area (Å²) < 4.78 is 5.22. The van der Waals surface area contributed by atoms with Crippen LogP contribution >= 0.6 is 0 Å². The molecule has 1 aromatic rings. The number of hydrogen-bond acceptors (Lipinski definition) is 3. The second kappa shape index (κ2) is 6.71. The quantitative estimate of drug-likeness (QED) is 0.874. The molecule has 1 saturated heterocycles. The molecule has 0 radical (unpaired) electrons. The van der Waals surface area contributed by atoms with Crippen LogP contribution in [0.4, 0.5) is 0 Å². The van der Waals surface area contributed by atoms with E-state index in [4.69, 9.17) is 4.74 Å². The number of amides is 1. The van der Waals surface area contributed by atoms with E-state index in [0.29, 0.717) is 44.3 Å². The molecule has 2 N–H and O–H groups in total. The molecule has 3 rings (SSSR count). The highest BCUT2D eigenvalue weighted by atomic mass is 16.5. The molecule has 1 saturated carbocycles. The van der Waals surface area contributed by atoms with Crippen molar-refractivity contribution in [1.82, 2.24) is 5.32 Å². The number of ether oxygens (including phenoxy) is 1.